The summed E-state index contributed by atoms with van der Waals surface area (Å²) in [6, 6.07) is 4.52. The Bertz CT molecular complexity index is 926. The SMILES string of the molecule is CCC(=O)NC1CCCN(C(=O)c2nn(-c3cccc(C(F)(F)F)c3)cc2OC)C1. The van der Waals surface area contributed by atoms with E-state index in [1.54, 1.807) is 11.8 Å². The van der Waals surface area contributed by atoms with E-state index in [2.05, 4.69) is 10.4 Å². The van der Waals surface area contributed by atoms with Crippen molar-refractivity contribution < 1.29 is 27.5 Å². The summed E-state index contributed by atoms with van der Waals surface area (Å²) in [7, 11) is 1.37. The molecule has 0 radical (unpaired) electrons. The number of benzene rings is 1. The number of hydrogen-bond acceptors (Lipinski definition) is 4. The van der Waals surface area contributed by atoms with E-state index in [0.29, 0.717) is 19.5 Å². The third-order valence-corrected chi connectivity index (χ3v) is 4.94. The van der Waals surface area contributed by atoms with Crippen molar-refractivity contribution in [2.45, 2.75) is 38.4 Å². The van der Waals surface area contributed by atoms with E-state index in [4.69, 9.17) is 4.74 Å². The molecule has 1 N–H and O–H groups in total. The Balaban J connectivity index is 1.84. The van der Waals surface area contributed by atoms with Crippen molar-refractivity contribution >= 4 is 11.8 Å². The number of ether oxygens (including phenoxy) is 1. The molecule has 10 heteroatoms. The van der Waals surface area contributed by atoms with E-state index < -0.39 is 17.6 Å². The highest BCUT2D eigenvalue weighted by Crippen LogP contribution is 2.31. The number of likely N-dealkylation sites (tertiary alicyclic amines) is 1. The molecule has 30 heavy (non-hydrogen) atoms. The zero-order valence-electron chi connectivity index (χ0n) is 16.7. The van der Waals surface area contributed by atoms with Crippen LogP contribution in [0.1, 0.15) is 42.2 Å². The van der Waals surface area contributed by atoms with Crippen LogP contribution in [0.2, 0.25) is 0 Å². The van der Waals surface area contributed by atoms with Gasteiger partial charge in [-0.25, -0.2) is 4.68 Å². The van der Waals surface area contributed by atoms with Crippen LogP contribution >= 0.6 is 0 Å². The Morgan fingerprint density at radius 1 is 1.33 bits per heavy atom. The van der Waals surface area contributed by atoms with Crippen LogP contribution in [0.3, 0.4) is 0 Å². The summed E-state index contributed by atoms with van der Waals surface area (Å²) in [5, 5.41) is 7.09. The number of piperidine rings is 1. The van der Waals surface area contributed by atoms with Gasteiger partial charge in [-0.2, -0.15) is 18.3 Å². The summed E-state index contributed by atoms with van der Waals surface area (Å²) in [5.74, 6) is -0.314. The van der Waals surface area contributed by atoms with Crippen molar-refractivity contribution in [3.05, 3.63) is 41.7 Å². The van der Waals surface area contributed by atoms with Gasteiger partial charge in [-0.3, -0.25) is 9.59 Å². The standard InChI is InChI=1S/C20H23F3N4O3/c1-3-17(28)24-14-7-5-9-26(11-14)19(29)18-16(30-2)12-27(25-18)15-8-4-6-13(10-15)20(21,22)23/h4,6,8,10,12,14H,3,5,7,9,11H2,1-2H3,(H,24,28). The molecule has 2 aromatic rings. The van der Waals surface area contributed by atoms with Crippen LogP contribution < -0.4 is 10.1 Å². The minimum Gasteiger partial charge on any atom is -0.493 e. The van der Waals surface area contributed by atoms with Crippen molar-refractivity contribution in [2.24, 2.45) is 0 Å². The number of aromatic nitrogens is 2. The molecule has 1 aliphatic rings. The van der Waals surface area contributed by atoms with E-state index in [0.717, 1.165) is 25.0 Å². The van der Waals surface area contributed by atoms with Crippen molar-refractivity contribution in [3.8, 4) is 11.4 Å². The van der Waals surface area contributed by atoms with E-state index in [-0.39, 0.29) is 29.1 Å². The first-order chi connectivity index (χ1) is 14.2. The molecule has 162 valence electrons. The number of carbonyl (C=O) groups is 2. The Morgan fingerprint density at radius 2 is 2.10 bits per heavy atom. The molecule has 1 aliphatic heterocycles. The van der Waals surface area contributed by atoms with Crippen molar-refractivity contribution in [1.82, 2.24) is 20.0 Å². The zero-order chi connectivity index (χ0) is 21.9. The van der Waals surface area contributed by atoms with Gasteiger partial charge in [-0.15, -0.1) is 0 Å². The molecular formula is C20H23F3N4O3. The molecule has 0 saturated carbocycles. The number of rotatable bonds is 5. The second-order valence-electron chi connectivity index (χ2n) is 7.05. The normalized spacial score (nSPS) is 17.0. The first kappa shape index (κ1) is 21.7. The summed E-state index contributed by atoms with van der Waals surface area (Å²) < 4.78 is 45.5. The van der Waals surface area contributed by atoms with Gasteiger partial charge in [0.1, 0.15) is 0 Å². The van der Waals surface area contributed by atoms with E-state index in [1.165, 1.54) is 30.1 Å². The fourth-order valence-electron chi connectivity index (χ4n) is 3.37. The Hall–Kier alpha value is -3.04. The quantitative estimate of drug-likeness (QED) is 0.801. The molecule has 1 aromatic carbocycles. The molecule has 2 amide bonds. The first-order valence-electron chi connectivity index (χ1n) is 9.62. The highest BCUT2D eigenvalue weighted by molar-refractivity contribution is 5.95. The lowest BCUT2D eigenvalue weighted by Crippen LogP contribution is -2.49. The predicted molar refractivity (Wildman–Crippen MR) is 102 cm³/mol. The van der Waals surface area contributed by atoms with Crippen LogP contribution in [0.15, 0.2) is 30.5 Å². The topological polar surface area (TPSA) is 76.5 Å². The lowest BCUT2D eigenvalue weighted by Gasteiger charge is -2.32. The van der Waals surface area contributed by atoms with Gasteiger partial charge >= 0.3 is 6.18 Å². The summed E-state index contributed by atoms with van der Waals surface area (Å²) >= 11 is 0. The molecule has 0 bridgehead atoms. The smallest absolute Gasteiger partial charge is 0.416 e. The number of halogens is 3. The fraction of sp³-hybridized carbons (Fsp3) is 0.450. The lowest BCUT2D eigenvalue weighted by molar-refractivity contribution is -0.137. The average molecular weight is 424 g/mol. The minimum atomic E-state index is -4.49. The van der Waals surface area contributed by atoms with Crippen LogP contribution in [0.4, 0.5) is 13.2 Å². The third-order valence-electron chi connectivity index (χ3n) is 4.94. The summed E-state index contributed by atoms with van der Waals surface area (Å²) in [5.41, 5.74) is -0.640. The van der Waals surface area contributed by atoms with Gasteiger partial charge in [0.15, 0.2) is 11.4 Å². The maximum atomic E-state index is 13.0. The van der Waals surface area contributed by atoms with Crippen LogP contribution in [0.25, 0.3) is 5.69 Å². The minimum absolute atomic E-state index is 0.0115. The second kappa shape index (κ2) is 8.76. The largest absolute Gasteiger partial charge is 0.493 e. The Morgan fingerprint density at radius 3 is 2.77 bits per heavy atom. The van der Waals surface area contributed by atoms with E-state index in [9.17, 15) is 22.8 Å². The molecular weight excluding hydrogens is 401 g/mol. The van der Waals surface area contributed by atoms with Crippen LogP contribution in [0, 0.1) is 0 Å². The number of carbonyl (C=O) groups excluding carboxylic acids is 2. The van der Waals surface area contributed by atoms with Gasteiger partial charge in [0, 0.05) is 25.6 Å². The van der Waals surface area contributed by atoms with E-state index >= 15 is 0 Å². The molecule has 1 fully saturated rings. The fourth-order valence-corrected chi connectivity index (χ4v) is 3.37. The molecule has 7 nitrogen and oxygen atoms in total. The number of amides is 2. The second-order valence-corrected chi connectivity index (χ2v) is 7.05. The number of nitrogens with zero attached hydrogens (tertiary/aromatic N) is 3. The van der Waals surface area contributed by atoms with Crippen LogP contribution in [0.5, 0.6) is 5.75 Å². The zero-order valence-corrected chi connectivity index (χ0v) is 16.7. The maximum absolute atomic E-state index is 13.0. The molecule has 1 saturated heterocycles. The van der Waals surface area contributed by atoms with Gasteiger partial charge in [0.2, 0.25) is 5.91 Å². The molecule has 0 spiro atoms. The number of hydrogen-bond donors (Lipinski definition) is 1. The van der Waals surface area contributed by atoms with Gasteiger partial charge in [0.05, 0.1) is 24.6 Å². The monoisotopic (exact) mass is 424 g/mol. The highest BCUT2D eigenvalue weighted by Gasteiger charge is 2.32. The third kappa shape index (κ3) is 4.74. The Kier molecular flexibility index (Phi) is 6.33. The van der Waals surface area contributed by atoms with Gasteiger partial charge < -0.3 is 15.0 Å². The Labute approximate surface area is 171 Å². The van der Waals surface area contributed by atoms with E-state index in [1.807, 2.05) is 0 Å². The average Bonchev–Trinajstić information content (AvgIpc) is 3.17. The van der Waals surface area contributed by atoms with Crippen molar-refractivity contribution in [2.75, 3.05) is 20.2 Å². The number of nitrogens with one attached hydrogen (secondary N) is 1. The van der Waals surface area contributed by atoms with Crippen LogP contribution in [-0.4, -0.2) is 52.7 Å². The predicted octanol–water partition coefficient (Wildman–Crippen LogP) is 3.03. The molecule has 1 atom stereocenters. The molecule has 1 aromatic heterocycles. The van der Waals surface area contributed by atoms with Crippen molar-refractivity contribution in [1.29, 1.82) is 0 Å². The van der Waals surface area contributed by atoms with Crippen molar-refractivity contribution in [3.63, 3.8) is 0 Å². The van der Waals surface area contributed by atoms with Gasteiger partial charge in [0.25, 0.3) is 5.91 Å². The summed E-state index contributed by atoms with van der Waals surface area (Å²) in [6.45, 7) is 2.59. The highest BCUT2D eigenvalue weighted by atomic mass is 19.4. The van der Waals surface area contributed by atoms with Crippen LogP contribution in [-0.2, 0) is 11.0 Å². The summed E-state index contributed by atoms with van der Waals surface area (Å²) in [4.78, 5) is 26.3. The lowest BCUT2D eigenvalue weighted by atomic mass is 10.0. The van der Waals surface area contributed by atoms with Gasteiger partial charge in [-0.1, -0.05) is 13.0 Å². The molecule has 3 rings (SSSR count). The first-order valence-corrected chi connectivity index (χ1v) is 9.62. The number of alkyl halides is 3. The maximum Gasteiger partial charge on any atom is 0.416 e. The van der Waals surface area contributed by atoms with Gasteiger partial charge in [-0.05, 0) is 31.0 Å². The number of methoxy groups -OCH3 is 1. The molecule has 0 aliphatic carbocycles. The summed E-state index contributed by atoms with van der Waals surface area (Å²) in [6.07, 6.45) is -1.26. The molecule has 2 heterocycles. The molecule has 1 unspecified atom stereocenters.